The van der Waals surface area contributed by atoms with E-state index >= 15 is 0 Å². The molecule has 0 aliphatic heterocycles. The summed E-state index contributed by atoms with van der Waals surface area (Å²) in [6.07, 6.45) is 0.679. The van der Waals surface area contributed by atoms with Gasteiger partial charge in [-0.1, -0.05) is 26.0 Å². The molecule has 11 heteroatoms. The summed E-state index contributed by atoms with van der Waals surface area (Å²) < 4.78 is 53.9. The van der Waals surface area contributed by atoms with Gasteiger partial charge in [-0.3, -0.25) is 10.1 Å². The molecule has 2 N–H and O–H groups in total. The minimum Gasteiger partial charge on any atom is -0.490 e. The third-order valence-electron chi connectivity index (χ3n) is 4.84. The zero-order valence-corrected chi connectivity index (χ0v) is 20.4. The molecule has 0 bridgehead atoms. The van der Waals surface area contributed by atoms with Crippen LogP contribution in [0.1, 0.15) is 35.3 Å². The number of anilines is 1. The molecule has 190 valence electrons. The summed E-state index contributed by atoms with van der Waals surface area (Å²) in [4.78, 5) is 27.8. The number of benzene rings is 2. The summed E-state index contributed by atoms with van der Waals surface area (Å²) in [5, 5.41) is 13.0. The third kappa shape index (κ3) is 6.49. The van der Waals surface area contributed by atoms with Crippen molar-refractivity contribution < 1.29 is 37.3 Å². The molecule has 36 heavy (non-hydrogen) atoms. The molecule has 1 amide bonds. The van der Waals surface area contributed by atoms with Crippen molar-refractivity contribution in [1.29, 1.82) is 0 Å². The Balaban J connectivity index is 1.78. The number of nitrogens with one attached hydrogen (secondary N) is 1. The summed E-state index contributed by atoms with van der Waals surface area (Å²) in [5.41, 5.74) is -0.166. The standard InChI is InChI=1S/C25H23F3N2O5S/c1-13(2)10-35-11-14-5-4-6-16(22(14)28)20-12-36-25(29-20)30-23(31)15-7-18(26)17(19(27)8-15)9-21(34-3)24(32)33/h4-9,12-13H,10-11H2,1-3H3,(H,32,33)(H,29,30,31)/b21-9-. The number of nitrogens with zero attached hydrogens (tertiary/aromatic N) is 1. The molecule has 1 heterocycles. The zero-order valence-electron chi connectivity index (χ0n) is 19.6. The SMILES string of the molecule is CO/C(=C\c1c(F)cc(C(=O)Nc2nc(-c3cccc(COCC(C)C)c3F)cs2)cc1F)C(=O)O. The van der Waals surface area contributed by atoms with Crippen LogP contribution in [0.5, 0.6) is 0 Å². The number of aromatic nitrogens is 1. The topological polar surface area (TPSA) is 97.8 Å². The molecule has 0 fully saturated rings. The molecule has 0 atom stereocenters. The highest BCUT2D eigenvalue weighted by Gasteiger charge is 2.19. The number of thiazole rings is 1. The quantitative estimate of drug-likeness (QED) is 0.262. The Hall–Kier alpha value is -3.70. The van der Waals surface area contributed by atoms with Gasteiger partial charge in [-0.05, 0) is 24.1 Å². The van der Waals surface area contributed by atoms with Crippen LogP contribution in [0.25, 0.3) is 17.3 Å². The predicted molar refractivity (Wildman–Crippen MR) is 129 cm³/mol. The molecule has 0 saturated carbocycles. The Morgan fingerprint density at radius 1 is 1.19 bits per heavy atom. The normalized spacial score (nSPS) is 11.6. The lowest BCUT2D eigenvalue weighted by atomic mass is 10.1. The predicted octanol–water partition coefficient (Wildman–Crippen LogP) is 5.72. The van der Waals surface area contributed by atoms with Gasteiger partial charge in [0.25, 0.3) is 5.91 Å². The second kappa shape index (κ2) is 11.8. The van der Waals surface area contributed by atoms with Crippen LogP contribution in [0.3, 0.4) is 0 Å². The average Bonchev–Trinajstić information content (AvgIpc) is 3.27. The van der Waals surface area contributed by atoms with Crippen molar-refractivity contribution in [1.82, 2.24) is 4.98 Å². The van der Waals surface area contributed by atoms with Crippen LogP contribution >= 0.6 is 11.3 Å². The van der Waals surface area contributed by atoms with Gasteiger partial charge in [0, 0.05) is 40.3 Å². The first-order valence-corrected chi connectivity index (χ1v) is 11.6. The van der Waals surface area contributed by atoms with E-state index in [0.29, 0.717) is 24.2 Å². The largest absolute Gasteiger partial charge is 0.490 e. The van der Waals surface area contributed by atoms with E-state index < -0.39 is 40.7 Å². The summed E-state index contributed by atoms with van der Waals surface area (Å²) >= 11 is 1.01. The van der Waals surface area contributed by atoms with E-state index in [0.717, 1.165) is 30.6 Å². The van der Waals surface area contributed by atoms with E-state index in [2.05, 4.69) is 15.0 Å². The minimum atomic E-state index is -1.51. The van der Waals surface area contributed by atoms with E-state index in [-0.39, 0.29) is 28.6 Å². The van der Waals surface area contributed by atoms with Crippen LogP contribution in [0, 0.1) is 23.4 Å². The number of carboxylic acids is 1. The van der Waals surface area contributed by atoms with Crippen molar-refractivity contribution in [2.45, 2.75) is 20.5 Å². The van der Waals surface area contributed by atoms with Gasteiger partial charge in [-0.2, -0.15) is 0 Å². The fraction of sp³-hybridized carbons (Fsp3) is 0.240. The van der Waals surface area contributed by atoms with Crippen LogP contribution in [0.2, 0.25) is 0 Å². The molecule has 3 rings (SSSR count). The van der Waals surface area contributed by atoms with Crippen LogP contribution in [-0.4, -0.2) is 35.7 Å². The van der Waals surface area contributed by atoms with Gasteiger partial charge in [0.1, 0.15) is 17.5 Å². The summed E-state index contributed by atoms with van der Waals surface area (Å²) in [7, 11) is 1.04. The first-order valence-electron chi connectivity index (χ1n) is 10.7. The van der Waals surface area contributed by atoms with Crippen molar-refractivity contribution in [3.63, 3.8) is 0 Å². The Morgan fingerprint density at radius 3 is 2.50 bits per heavy atom. The molecular weight excluding hydrogens is 497 g/mol. The lowest BCUT2D eigenvalue weighted by Gasteiger charge is -2.09. The molecule has 0 aliphatic rings. The number of halogens is 3. The molecule has 2 aromatic carbocycles. The third-order valence-corrected chi connectivity index (χ3v) is 5.59. The van der Waals surface area contributed by atoms with Gasteiger partial charge in [0.15, 0.2) is 5.13 Å². The van der Waals surface area contributed by atoms with Crippen molar-refractivity contribution in [2.24, 2.45) is 5.92 Å². The molecule has 1 aromatic heterocycles. The highest BCUT2D eigenvalue weighted by molar-refractivity contribution is 7.14. The number of hydrogen-bond acceptors (Lipinski definition) is 6. The highest BCUT2D eigenvalue weighted by atomic mass is 32.1. The van der Waals surface area contributed by atoms with Gasteiger partial charge in [-0.15, -0.1) is 11.3 Å². The van der Waals surface area contributed by atoms with Gasteiger partial charge >= 0.3 is 5.97 Å². The molecule has 0 radical (unpaired) electrons. The van der Waals surface area contributed by atoms with E-state index in [9.17, 15) is 22.8 Å². The number of rotatable bonds is 10. The second-order valence-corrected chi connectivity index (χ2v) is 8.91. The average molecular weight is 521 g/mol. The summed E-state index contributed by atoms with van der Waals surface area (Å²) in [6.45, 7) is 4.57. The number of methoxy groups -OCH3 is 1. The zero-order chi connectivity index (χ0) is 26.4. The first kappa shape index (κ1) is 26.9. The number of hydrogen-bond donors (Lipinski definition) is 2. The molecule has 0 spiro atoms. The van der Waals surface area contributed by atoms with Crippen LogP contribution < -0.4 is 5.32 Å². The number of carbonyl (C=O) groups excluding carboxylic acids is 1. The van der Waals surface area contributed by atoms with Crippen LogP contribution in [-0.2, 0) is 20.9 Å². The minimum absolute atomic E-state index is 0.0909. The first-order chi connectivity index (χ1) is 17.1. The highest BCUT2D eigenvalue weighted by Crippen LogP contribution is 2.29. The molecular formula is C25H23F3N2O5S. The molecule has 3 aromatic rings. The molecule has 0 aliphatic carbocycles. The Bertz CT molecular complexity index is 1280. The van der Waals surface area contributed by atoms with Gasteiger partial charge < -0.3 is 14.6 Å². The van der Waals surface area contributed by atoms with Crippen molar-refractivity contribution >= 4 is 34.4 Å². The number of ether oxygens (including phenoxy) is 2. The van der Waals surface area contributed by atoms with E-state index in [4.69, 9.17) is 9.84 Å². The Labute approximate surface area is 209 Å². The van der Waals surface area contributed by atoms with Gasteiger partial charge in [0.2, 0.25) is 5.76 Å². The fourth-order valence-electron chi connectivity index (χ4n) is 3.11. The van der Waals surface area contributed by atoms with Crippen molar-refractivity contribution in [2.75, 3.05) is 19.0 Å². The fourth-order valence-corrected chi connectivity index (χ4v) is 3.82. The Morgan fingerprint density at radius 2 is 1.89 bits per heavy atom. The van der Waals surface area contributed by atoms with Crippen LogP contribution in [0.4, 0.5) is 18.3 Å². The lowest BCUT2D eigenvalue weighted by Crippen LogP contribution is -2.13. The smallest absolute Gasteiger partial charge is 0.371 e. The molecule has 0 saturated heterocycles. The molecule has 0 unspecified atom stereocenters. The Kier molecular flexibility index (Phi) is 8.83. The van der Waals surface area contributed by atoms with Crippen molar-refractivity contribution in [3.05, 3.63) is 75.6 Å². The van der Waals surface area contributed by atoms with Crippen LogP contribution in [0.15, 0.2) is 41.5 Å². The summed E-state index contributed by atoms with van der Waals surface area (Å²) in [6, 6.07) is 6.35. The van der Waals surface area contributed by atoms with Gasteiger partial charge in [-0.25, -0.2) is 22.9 Å². The maximum Gasteiger partial charge on any atom is 0.371 e. The summed E-state index contributed by atoms with van der Waals surface area (Å²) in [5.74, 6) is -5.54. The number of aliphatic carboxylic acids is 1. The number of carbonyl (C=O) groups is 2. The second-order valence-electron chi connectivity index (χ2n) is 8.05. The maximum absolute atomic E-state index is 15.0. The van der Waals surface area contributed by atoms with E-state index in [1.165, 1.54) is 0 Å². The van der Waals surface area contributed by atoms with Crippen molar-refractivity contribution in [3.8, 4) is 11.3 Å². The lowest BCUT2D eigenvalue weighted by molar-refractivity contribution is -0.135. The monoisotopic (exact) mass is 520 g/mol. The van der Waals surface area contributed by atoms with E-state index in [1.807, 2.05) is 13.8 Å². The molecule has 7 nitrogen and oxygen atoms in total. The number of amides is 1. The maximum atomic E-state index is 15.0. The number of carboxylic acid groups (broad SMARTS) is 1. The van der Waals surface area contributed by atoms with E-state index in [1.54, 1.807) is 23.6 Å². The van der Waals surface area contributed by atoms with Gasteiger partial charge in [0.05, 0.1) is 19.4 Å².